The van der Waals surface area contributed by atoms with Crippen LogP contribution in [0.1, 0.15) is 19.8 Å². The highest BCUT2D eigenvalue weighted by Crippen LogP contribution is 2.31. The number of halogens is 2. The van der Waals surface area contributed by atoms with Crippen LogP contribution in [0.3, 0.4) is 0 Å². The van der Waals surface area contributed by atoms with Gasteiger partial charge in [0.1, 0.15) is 4.90 Å². The lowest BCUT2D eigenvalue weighted by atomic mass is 10.2. The van der Waals surface area contributed by atoms with Crippen LogP contribution in [0.4, 0.5) is 0 Å². The predicted molar refractivity (Wildman–Crippen MR) is 97.4 cm³/mol. The van der Waals surface area contributed by atoms with Gasteiger partial charge in [0.2, 0.25) is 15.9 Å². The summed E-state index contributed by atoms with van der Waals surface area (Å²) in [6, 6.07) is 4.64. The summed E-state index contributed by atoms with van der Waals surface area (Å²) in [6.07, 6.45) is 2.09. The molecule has 1 amide bonds. The third kappa shape index (κ3) is 4.11. The Hall–Kier alpha value is -0.860. The summed E-state index contributed by atoms with van der Waals surface area (Å²) >= 11 is 12.0. The van der Waals surface area contributed by atoms with Crippen molar-refractivity contribution in [2.45, 2.75) is 36.7 Å². The molecule has 1 aromatic rings. The Balaban J connectivity index is 1.65. The molecule has 0 aromatic heterocycles. The molecule has 0 radical (unpaired) electrons. The highest BCUT2D eigenvalue weighted by Gasteiger charge is 2.34. The van der Waals surface area contributed by atoms with Gasteiger partial charge in [-0.25, -0.2) is 8.42 Å². The van der Waals surface area contributed by atoms with Crippen molar-refractivity contribution in [3.63, 3.8) is 0 Å². The number of nitrogens with zero attached hydrogens (tertiary/aromatic N) is 2. The van der Waals surface area contributed by atoms with E-state index in [1.54, 1.807) is 12.1 Å². The zero-order valence-corrected chi connectivity index (χ0v) is 16.2. The van der Waals surface area contributed by atoms with Gasteiger partial charge in [-0.3, -0.25) is 9.69 Å². The van der Waals surface area contributed by atoms with Crippen LogP contribution in [0.5, 0.6) is 0 Å². The Morgan fingerprint density at radius 3 is 2.44 bits per heavy atom. The number of piperazine rings is 1. The molecule has 1 heterocycles. The second kappa shape index (κ2) is 7.40. The van der Waals surface area contributed by atoms with E-state index in [4.69, 9.17) is 23.2 Å². The van der Waals surface area contributed by atoms with Crippen LogP contribution in [0.2, 0.25) is 10.0 Å². The van der Waals surface area contributed by atoms with Crippen molar-refractivity contribution < 1.29 is 13.2 Å². The summed E-state index contributed by atoms with van der Waals surface area (Å²) in [6.45, 7) is 3.47. The molecule has 1 aliphatic heterocycles. The van der Waals surface area contributed by atoms with E-state index in [9.17, 15) is 13.2 Å². The SMILES string of the molecule is CC(C(=O)NC1CC1)N1CCN(S(=O)(=O)c2cccc(Cl)c2Cl)CC1. The van der Waals surface area contributed by atoms with Gasteiger partial charge < -0.3 is 5.32 Å². The number of rotatable bonds is 5. The molecule has 1 saturated carbocycles. The number of nitrogens with one attached hydrogen (secondary N) is 1. The van der Waals surface area contributed by atoms with E-state index in [1.807, 2.05) is 11.8 Å². The van der Waals surface area contributed by atoms with Crippen molar-refractivity contribution in [1.29, 1.82) is 0 Å². The van der Waals surface area contributed by atoms with Crippen LogP contribution in [-0.2, 0) is 14.8 Å². The second-order valence-electron chi connectivity index (χ2n) is 6.45. The van der Waals surface area contributed by atoms with Crippen LogP contribution >= 0.6 is 23.2 Å². The number of benzene rings is 1. The lowest BCUT2D eigenvalue weighted by molar-refractivity contribution is -0.126. The van der Waals surface area contributed by atoms with Gasteiger partial charge in [-0.2, -0.15) is 4.31 Å². The molecular weight excluding hydrogens is 385 g/mol. The molecule has 3 rings (SSSR count). The maximum Gasteiger partial charge on any atom is 0.244 e. The van der Waals surface area contributed by atoms with E-state index in [1.165, 1.54) is 10.4 Å². The maximum atomic E-state index is 12.8. The molecule has 9 heteroatoms. The van der Waals surface area contributed by atoms with E-state index >= 15 is 0 Å². The molecule has 1 aromatic carbocycles. The van der Waals surface area contributed by atoms with Crippen LogP contribution in [-0.4, -0.2) is 61.8 Å². The minimum Gasteiger partial charge on any atom is -0.352 e. The summed E-state index contributed by atoms with van der Waals surface area (Å²) in [4.78, 5) is 14.2. The van der Waals surface area contributed by atoms with Crippen LogP contribution in [0.25, 0.3) is 0 Å². The topological polar surface area (TPSA) is 69.7 Å². The van der Waals surface area contributed by atoms with E-state index < -0.39 is 10.0 Å². The summed E-state index contributed by atoms with van der Waals surface area (Å²) in [5.74, 6) is 0.0108. The molecule has 2 aliphatic rings. The highest BCUT2D eigenvalue weighted by molar-refractivity contribution is 7.89. The summed E-state index contributed by atoms with van der Waals surface area (Å²) in [5, 5.41) is 3.25. The Labute approximate surface area is 158 Å². The van der Waals surface area contributed by atoms with Gasteiger partial charge in [0.15, 0.2) is 0 Å². The lowest BCUT2D eigenvalue weighted by Gasteiger charge is -2.36. The highest BCUT2D eigenvalue weighted by atomic mass is 35.5. The van der Waals surface area contributed by atoms with Gasteiger partial charge in [0.05, 0.1) is 16.1 Å². The van der Waals surface area contributed by atoms with Crippen molar-refractivity contribution in [1.82, 2.24) is 14.5 Å². The van der Waals surface area contributed by atoms with E-state index in [0.717, 1.165) is 12.8 Å². The Morgan fingerprint density at radius 2 is 1.84 bits per heavy atom. The largest absolute Gasteiger partial charge is 0.352 e. The molecule has 0 spiro atoms. The van der Waals surface area contributed by atoms with Crippen molar-refractivity contribution in [3.8, 4) is 0 Å². The van der Waals surface area contributed by atoms with Crippen LogP contribution < -0.4 is 5.32 Å². The second-order valence-corrected chi connectivity index (χ2v) is 9.14. The number of hydrogen-bond donors (Lipinski definition) is 1. The fourth-order valence-electron chi connectivity index (χ4n) is 2.87. The minimum atomic E-state index is -3.70. The smallest absolute Gasteiger partial charge is 0.244 e. The summed E-state index contributed by atoms with van der Waals surface area (Å²) in [5.41, 5.74) is 0. The van der Waals surface area contributed by atoms with Gasteiger partial charge in [-0.1, -0.05) is 29.3 Å². The summed E-state index contributed by atoms with van der Waals surface area (Å²) in [7, 11) is -3.70. The minimum absolute atomic E-state index is 0.0108. The zero-order chi connectivity index (χ0) is 18.2. The molecule has 138 valence electrons. The van der Waals surface area contributed by atoms with Crippen molar-refractivity contribution in [3.05, 3.63) is 28.2 Å². The van der Waals surface area contributed by atoms with Crippen LogP contribution in [0, 0.1) is 0 Å². The molecule has 25 heavy (non-hydrogen) atoms. The number of sulfonamides is 1. The normalized spacial score (nSPS) is 21.1. The fraction of sp³-hybridized carbons (Fsp3) is 0.562. The molecule has 1 aliphatic carbocycles. The first-order valence-electron chi connectivity index (χ1n) is 8.29. The average Bonchev–Trinajstić information content (AvgIpc) is 3.40. The van der Waals surface area contributed by atoms with Gasteiger partial charge in [-0.15, -0.1) is 0 Å². The molecule has 1 atom stereocenters. The molecule has 1 unspecified atom stereocenters. The molecule has 0 bridgehead atoms. The van der Waals surface area contributed by atoms with Gasteiger partial charge in [-0.05, 0) is 31.9 Å². The van der Waals surface area contributed by atoms with Crippen molar-refractivity contribution in [2.75, 3.05) is 26.2 Å². The third-order valence-electron chi connectivity index (χ3n) is 4.66. The first kappa shape index (κ1) is 18.9. The van der Waals surface area contributed by atoms with E-state index in [0.29, 0.717) is 32.2 Å². The molecule has 2 fully saturated rings. The molecule has 6 nitrogen and oxygen atoms in total. The number of carbonyl (C=O) groups is 1. The standard InChI is InChI=1S/C16H21Cl2N3O3S/c1-11(16(22)19-12-5-6-12)20-7-9-21(10-8-20)25(23,24)14-4-2-3-13(17)15(14)18/h2-4,11-12H,5-10H2,1H3,(H,19,22). The number of hydrogen-bond acceptors (Lipinski definition) is 4. The summed E-state index contributed by atoms with van der Waals surface area (Å²) < 4.78 is 27.0. The Kier molecular flexibility index (Phi) is 5.60. The third-order valence-corrected chi connectivity index (χ3v) is 7.53. The molecular formula is C16H21Cl2N3O3S. The predicted octanol–water partition coefficient (Wildman–Crippen LogP) is 1.97. The van der Waals surface area contributed by atoms with Crippen LogP contribution in [0.15, 0.2) is 23.1 Å². The maximum absolute atomic E-state index is 12.8. The Morgan fingerprint density at radius 1 is 1.20 bits per heavy atom. The number of carbonyl (C=O) groups excluding carboxylic acids is 1. The van der Waals surface area contributed by atoms with E-state index in [2.05, 4.69) is 5.32 Å². The van der Waals surface area contributed by atoms with E-state index in [-0.39, 0.29) is 26.9 Å². The average molecular weight is 406 g/mol. The van der Waals surface area contributed by atoms with Crippen molar-refractivity contribution >= 4 is 39.1 Å². The monoisotopic (exact) mass is 405 g/mol. The molecule has 1 N–H and O–H groups in total. The quantitative estimate of drug-likeness (QED) is 0.812. The number of amides is 1. The first-order chi connectivity index (χ1) is 11.8. The zero-order valence-electron chi connectivity index (χ0n) is 13.9. The lowest BCUT2D eigenvalue weighted by Crippen LogP contribution is -2.55. The Bertz CT molecular complexity index is 760. The van der Waals surface area contributed by atoms with Gasteiger partial charge >= 0.3 is 0 Å². The molecule has 1 saturated heterocycles. The fourth-order valence-corrected chi connectivity index (χ4v) is 5.03. The first-order valence-corrected chi connectivity index (χ1v) is 10.5. The van der Waals surface area contributed by atoms with Crippen molar-refractivity contribution in [2.24, 2.45) is 0 Å². The van der Waals surface area contributed by atoms with Gasteiger partial charge in [0, 0.05) is 32.2 Å². The van der Waals surface area contributed by atoms with Gasteiger partial charge in [0.25, 0.3) is 0 Å².